The minimum absolute atomic E-state index is 0.00914. The molecule has 0 aromatic carbocycles. The fraction of sp³-hybridized carbons (Fsp3) is 0.733. The van der Waals surface area contributed by atoms with E-state index in [4.69, 9.17) is 0 Å². The highest BCUT2D eigenvalue weighted by atomic mass is 16.2. The molecule has 3 rings (SSSR count). The largest absolute Gasteiger partial charge is 0.342 e. The number of nitrogens with zero attached hydrogens (tertiary/aromatic N) is 3. The van der Waals surface area contributed by atoms with Crippen molar-refractivity contribution in [2.75, 3.05) is 16.8 Å². The SMILES string of the molecule is CCCc1nn(C)c2c1NC(=O)C1N2CCCC1(C)C. The molecule has 0 spiro atoms. The quantitative estimate of drug-likeness (QED) is 0.902. The monoisotopic (exact) mass is 276 g/mol. The molecule has 5 nitrogen and oxygen atoms in total. The molecule has 1 amide bonds. The van der Waals surface area contributed by atoms with Crippen LogP contribution in [0.3, 0.4) is 0 Å². The minimum atomic E-state index is -0.0753. The first-order valence-corrected chi connectivity index (χ1v) is 7.59. The second-order valence-corrected chi connectivity index (χ2v) is 6.70. The second kappa shape index (κ2) is 4.50. The highest BCUT2D eigenvalue weighted by Crippen LogP contribution is 2.44. The zero-order valence-electron chi connectivity index (χ0n) is 12.9. The van der Waals surface area contributed by atoms with Crippen LogP contribution in [-0.4, -0.2) is 28.3 Å². The van der Waals surface area contributed by atoms with Gasteiger partial charge in [0.25, 0.3) is 0 Å². The summed E-state index contributed by atoms with van der Waals surface area (Å²) in [6.07, 6.45) is 4.17. The van der Waals surface area contributed by atoms with Crippen molar-refractivity contribution in [1.29, 1.82) is 0 Å². The van der Waals surface area contributed by atoms with Crippen LogP contribution in [0.25, 0.3) is 0 Å². The number of carbonyl (C=O) groups excluding carboxylic acids is 1. The summed E-state index contributed by atoms with van der Waals surface area (Å²) in [6.45, 7) is 7.47. The molecule has 20 heavy (non-hydrogen) atoms. The van der Waals surface area contributed by atoms with Crippen molar-refractivity contribution in [3.63, 3.8) is 0 Å². The fourth-order valence-corrected chi connectivity index (χ4v) is 3.75. The average molecular weight is 276 g/mol. The summed E-state index contributed by atoms with van der Waals surface area (Å²) >= 11 is 0. The molecule has 0 saturated carbocycles. The predicted molar refractivity (Wildman–Crippen MR) is 80.0 cm³/mol. The lowest BCUT2D eigenvalue weighted by Crippen LogP contribution is -2.59. The van der Waals surface area contributed by atoms with Gasteiger partial charge in [-0.15, -0.1) is 0 Å². The molecule has 1 aromatic heterocycles. The number of fused-ring (bicyclic) bond motifs is 3. The molecule has 0 bridgehead atoms. The predicted octanol–water partition coefficient (Wildman–Crippen LogP) is 2.32. The number of aromatic nitrogens is 2. The maximum Gasteiger partial charge on any atom is 0.247 e. The summed E-state index contributed by atoms with van der Waals surface area (Å²) in [7, 11) is 1.98. The molecule has 0 radical (unpaired) electrons. The molecule has 0 aliphatic carbocycles. The molecule has 1 saturated heterocycles. The number of nitrogens with one attached hydrogen (secondary N) is 1. The van der Waals surface area contributed by atoms with E-state index in [0.717, 1.165) is 49.4 Å². The number of rotatable bonds is 2. The maximum absolute atomic E-state index is 12.6. The maximum atomic E-state index is 12.6. The van der Waals surface area contributed by atoms with Crippen molar-refractivity contribution in [3.8, 4) is 0 Å². The van der Waals surface area contributed by atoms with Crippen molar-refractivity contribution in [2.24, 2.45) is 12.5 Å². The van der Waals surface area contributed by atoms with Crippen LogP contribution in [-0.2, 0) is 18.3 Å². The molecule has 1 fully saturated rings. The van der Waals surface area contributed by atoms with E-state index in [0.29, 0.717) is 0 Å². The van der Waals surface area contributed by atoms with Gasteiger partial charge in [-0.2, -0.15) is 5.10 Å². The Bertz CT molecular complexity index is 546. The van der Waals surface area contributed by atoms with E-state index < -0.39 is 0 Å². The summed E-state index contributed by atoms with van der Waals surface area (Å²) in [5.41, 5.74) is 1.96. The first-order chi connectivity index (χ1) is 9.45. The summed E-state index contributed by atoms with van der Waals surface area (Å²) < 4.78 is 1.94. The molecule has 1 aromatic rings. The van der Waals surface area contributed by atoms with Crippen LogP contribution in [0.5, 0.6) is 0 Å². The Hall–Kier alpha value is -1.52. The molecule has 2 aliphatic heterocycles. The molecule has 2 aliphatic rings. The Labute approximate surface area is 120 Å². The van der Waals surface area contributed by atoms with Gasteiger partial charge in [-0.1, -0.05) is 27.2 Å². The molecule has 5 heteroatoms. The third-order valence-electron chi connectivity index (χ3n) is 4.62. The van der Waals surface area contributed by atoms with Crippen molar-refractivity contribution < 1.29 is 4.79 Å². The molecule has 1 N–H and O–H groups in total. The summed E-state index contributed by atoms with van der Waals surface area (Å²) in [5, 5.41) is 7.74. The van der Waals surface area contributed by atoms with Gasteiger partial charge in [0, 0.05) is 13.6 Å². The molecule has 1 unspecified atom stereocenters. The first-order valence-electron chi connectivity index (χ1n) is 7.59. The minimum Gasteiger partial charge on any atom is -0.342 e. The second-order valence-electron chi connectivity index (χ2n) is 6.70. The van der Waals surface area contributed by atoms with Crippen LogP contribution in [0.15, 0.2) is 0 Å². The molecule has 110 valence electrons. The molecular weight excluding hydrogens is 252 g/mol. The summed E-state index contributed by atoms with van der Waals surface area (Å²) in [4.78, 5) is 14.9. The number of amides is 1. The molecule has 3 heterocycles. The third-order valence-corrected chi connectivity index (χ3v) is 4.62. The van der Waals surface area contributed by atoms with Crippen LogP contribution in [0.4, 0.5) is 11.5 Å². The van der Waals surface area contributed by atoms with Crippen LogP contribution in [0.2, 0.25) is 0 Å². The van der Waals surface area contributed by atoms with Gasteiger partial charge in [0.2, 0.25) is 5.91 Å². The first kappa shape index (κ1) is 13.5. The Morgan fingerprint density at radius 1 is 1.45 bits per heavy atom. The lowest BCUT2D eigenvalue weighted by Gasteiger charge is -2.48. The van der Waals surface area contributed by atoms with E-state index >= 15 is 0 Å². The number of hydrogen-bond acceptors (Lipinski definition) is 3. The Morgan fingerprint density at radius 2 is 2.20 bits per heavy atom. The summed E-state index contributed by atoms with van der Waals surface area (Å²) in [5.74, 6) is 1.22. The van der Waals surface area contributed by atoms with Crippen molar-refractivity contribution in [1.82, 2.24) is 9.78 Å². The lowest BCUT2D eigenvalue weighted by atomic mass is 9.75. The lowest BCUT2D eigenvalue weighted by molar-refractivity contribution is -0.120. The van der Waals surface area contributed by atoms with E-state index in [-0.39, 0.29) is 17.4 Å². The smallest absolute Gasteiger partial charge is 0.247 e. The van der Waals surface area contributed by atoms with Gasteiger partial charge in [0.15, 0.2) is 5.82 Å². The molecular formula is C15H24N4O. The Balaban J connectivity index is 2.09. The van der Waals surface area contributed by atoms with Crippen molar-refractivity contribution in [3.05, 3.63) is 5.69 Å². The van der Waals surface area contributed by atoms with Crippen LogP contribution < -0.4 is 10.2 Å². The van der Waals surface area contributed by atoms with E-state index in [2.05, 4.69) is 36.1 Å². The molecule has 1 atom stereocenters. The number of hydrogen-bond donors (Lipinski definition) is 1. The van der Waals surface area contributed by atoms with E-state index in [1.165, 1.54) is 0 Å². The standard InChI is InChI=1S/C15H24N4O/c1-5-7-10-11-14(18(4)17-10)19-9-6-8-15(2,3)12(19)13(20)16-11/h12H,5-9H2,1-4H3,(H,16,20). The number of anilines is 2. The fourth-order valence-electron chi connectivity index (χ4n) is 3.75. The van der Waals surface area contributed by atoms with E-state index in [9.17, 15) is 4.79 Å². The highest BCUT2D eigenvalue weighted by molar-refractivity contribution is 6.04. The van der Waals surface area contributed by atoms with Crippen LogP contribution >= 0.6 is 0 Å². The zero-order valence-corrected chi connectivity index (χ0v) is 12.9. The topological polar surface area (TPSA) is 50.2 Å². The van der Waals surface area contributed by atoms with Crippen LogP contribution in [0.1, 0.15) is 45.7 Å². The van der Waals surface area contributed by atoms with Gasteiger partial charge in [0.1, 0.15) is 11.7 Å². The van der Waals surface area contributed by atoms with E-state index in [1.54, 1.807) is 0 Å². The number of aryl methyl sites for hydroxylation is 2. The Kier molecular flexibility index (Phi) is 3.03. The Morgan fingerprint density at radius 3 is 2.90 bits per heavy atom. The van der Waals surface area contributed by atoms with Gasteiger partial charge in [-0.25, -0.2) is 0 Å². The summed E-state index contributed by atoms with van der Waals surface area (Å²) in [6, 6.07) is -0.0753. The third kappa shape index (κ3) is 1.83. The van der Waals surface area contributed by atoms with Gasteiger partial charge in [-0.05, 0) is 24.7 Å². The normalized spacial score (nSPS) is 24.1. The average Bonchev–Trinajstić information content (AvgIpc) is 2.65. The van der Waals surface area contributed by atoms with Gasteiger partial charge >= 0.3 is 0 Å². The van der Waals surface area contributed by atoms with Crippen molar-refractivity contribution in [2.45, 2.75) is 52.5 Å². The highest BCUT2D eigenvalue weighted by Gasteiger charge is 2.47. The van der Waals surface area contributed by atoms with Crippen molar-refractivity contribution >= 4 is 17.4 Å². The zero-order chi connectivity index (χ0) is 14.5. The van der Waals surface area contributed by atoms with E-state index in [1.807, 2.05) is 11.7 Å². The van der Waals surface area contributed by atoms with Gasteiger partial charge < -0.3 is 10.2 Å². The van der Waals surface area contributed by atoms with Gasteiger partial charge in [-0.3, -0.25) is 9.48 Å². The number of carbonyl (C=O) groups is 1. The van der Waals surface area contributed by atoms with Crippen LogP contribution in [0, 0.1) is 5.41 Å². The van der Waals surface area contributed by atoms with Gasteiger partial charge in [0.05, 0.1) is 5.69 Å². The number of piperidine rings is 1.